The number of carbonyl (C=O) groups is 2. The van der Waals surface area contributed by atoms with Crippen molar-refractivity contribution in [2.24, 2.45) is 17.3 Å². The normalized spacial score (nSPS) is 32.4. The Bertz CT molecular complexity index is 607. The fraction of sp³-hybridized carbons (Fsp3) is 0.556. The molecule has 2 atom stereocenters. The third kappa shape index (κ3) is 1.93. The van der Waals surface area contributed by atoms with Crippen molar-refractivity contribution in [1.29, 1.82) is 0 Å². The molecule has 4 nitrogen and oxygen atoms in total. The zero-order valence-electron chi connectivity index (χ0n) is 13.0. The lowest BCUT2D eigenvalue weighted by molar-refractivity contribution is -0.144. The van der Waals surface area contributed by atoms with Crippen molar-refractivity contribution in [3.63, 3.8) is 0 Å². The number of likely N-dealkylation sites (tertiary alicyclic amines) is 2. The number of fused-ring (bicyclic) bond motifs is 1. The summed E-state index contributed by atoms with van der Waals surface area (Å²) < 4.78 is 0. The standard InChI is InChI=1S/C18H22N2O2/c1-19-9-7-14(8-10-19)18-11-15(18)16(21)20(17(18)22)12-13-5-3-2-4-6-13/h2-6,14-15H,7-12H2,1H3. The molecule has 1 aromatic carbocycles. The number of amides is 2. The molecule has 0 bridgehead atoms. The largest absolute Gasteiger partial charge is 0.306 e. The van der Waals surface area contributed by atoms with Gasteiger partial charge in [0.15, 0.2) is 0 Å². The summed E-state index contributed by atoms with van der Waals surface area (Å²) in [5.74, 6) is 0.525. The molecule has 2 heterocycles. The summed E-state index contributed by atoms with van der Waals surface area (Å²) in [5, 5.41) is 0. The van der Waals surface area contributed by atoms with Crippen molar-refractivity contribution in [1.82, 2.24) is 9.80 Å². The van der Waals surface area contributed by atoms with Crippen LogP contribution in [-0.4, -0.2) is 41.8 Å². The van der Waals surface area contributed by atoms with Crippen molar-refractivity contribution >= 4 is 11.8 Å². The Labute approximate surface area is 131 Å². The molecule has 1 saturated carbocycles. The fourth-order valence-electron chi connectivity index (χ4n) is 4.43. The number of rotatable bonds is 3. The van der Waals surface area contributed by atoms with Crippen LogP contribution in [0.2, 0.25) is 0 Å². The average molecular weight is 298 g/mol. The maximum atomic E-state index is 13.0. The highest BCUT2D eigenvalue weighted by molar-refractivity contribution is 6.11. The molecule has 1 aromatic rings. The van der Waals surface area contributed by atoms with Crippen molar-refractivity contribution in [3.8, 4) is 0 Å². The molecular formula is C18H22N2O2. The van der Waals surface area contributed by atoms with Gasteiger partial charge in [-0.05, 0) is 50.9 Å². The number of benzene rings is 1. The second-order valence-electron chi connectivity index (χ2n) is 7.09. The molecule has 2 unspecified atom stereocenters. The molecule has 0 radical (unpaired) electrons. The molecule has 2 aliphatic heterocycles. The third-order valence-corrected chi connectivity index (χ3v) is 5.84. The van der Waals surface area contributed by atoms with Gasteiger partial charge in [0.25, 0.3) is 0 Å². The maximum absolute atomic E-state index is 13.0. The monoisotopic (exact) mass is 298 g/mol. The Hall–Kier alpha value is -1.68. The zero-order valence-corrected chi connectivity index (χ0v) is 13.0. The lowest BCUT2D eigenvalue weighted by Gasteiger charge is -2.33. The van der Waals surface area contributed by atoms with E-state index in [1.807, 2.05) is 30.3 Å². The molecule has 22 heavy (non-hydrogen) atoms. The minimum absolute atomic E-state index is 0.0304. The van der Waals surface area contributed by atoms with Gasteiger partial charge >= 0.3 is 0 Å². The topological polar surface area (TPSA) is 40.6 Å². The molecule has 1 aliphatic carbocycles. The van der Waals surface area contributed by atoms with Crippen LogP contribution in [0.4, 0.5) is 0 Å². The minimum atomic E-state index is -0.340. The second kappa shape index (κ2) is 4.92. The van der Waals surface area contributed by atoms with Crippen LogP contribution in [0.1, 0.15) is 24.8 Å². The van der Waals surface area contributed by atoms with Gasteiger partial charge in [0.05, 0.1) is 17.9 Å². The molecule has 4 rings (SSSR count). The van der Waals surface area contributed by atoms with Crippen LogP contribution in [0.15, 0.2) is 30.3 Å². The van der Waals surface area contributed by atoms with E-state index >= 15 is 0 Å². The van der Waals surface area contributed by atoms with E-state index in [1.54, 1.807) is 0 Å². The van der Waals surface area contributed by atoms with E-state index in [9.17, 15) is 9.59 Å². The Kier molecular flexibility index (Phi) is 3.12. The van der Waals surface area contributed by atoms with Crippen LogP contribution < -0.4 is 0 Å². The highest BCUT2D eigenvalue weighted by Crippen LogP contribution is 2.65. The van der Waals surface area contributed by atoms with Crippen molar-refractivity contribution in [2.75, 3.05) is 20.1 Å². The first-order valence-electron chi connectivity index (χ1n) is 8.21. The number of imide groups is 1. The van der Waals surface area contributed by atoms with Crippen molar-refractivity contribution in [3.05, 3.63) is 35.9 Å². The summed E-state index contributed by atoms with van der Waals surface area (Å²) >= 11 is 0. The third-order valence-electron chi connectivity index (χ3n) is 5.84. The number of hydrogen-bond donors (Lipinski definition) is 0. The molecule has 116 valence electrons. The summed E-state index contributed by atoms with van der Waals surface area (Å²) in [6.45, 7) is 2.52. The molecular weight excluding hydrogens is 276 g/mol. The van der Waals surface area contributed by atoms with Gasteiger partial charge in [0.2, 0.25) is 11.8 Å². The van der Waals surface area contributed by atoms with Crippen LogP contribution in [-0.2, 0) is 16.1 Å². The minimum Gasteiger partial charge on any atom is -0.306 e. The van der Waals surface area contributed by atoms with Gasteiger partial charge < -0.3 is 4.90 Å². The SMILES string of the molecule is CN1CCC(C23CC2C(=O)N(Cc2ccccc2)C3=O)CC1. The van der Waals surface area contributed by atoms with Crippen LogP contribution in [0.5, 0.6) is 0 Å². The van der Waals surface area contributed by atoms with Crippen molar-refractivity contribution in [2.45, 2.75) is 25.8 Å². The van der Waals surface area contributed by atoms with Gasteiger partial charge in [0, 0.05) is 0 Å². The lowest BCUT2D eigenvalue weighted by atomic mass is 9.80. The highest BCUT2D eigenvalue weighted by atomic mass is 16.2. The van der Waals surface area contributed by atoms with Gasteiger partial charge in [-0.1, -0.05) is 30.3 Å². The summed E-state index contributed by atoms with van der Waals surface area (Å²) in [6.07, 6.45) is 2.89. The van der Waals surface area contributed by atoms with E-state index in [1.165, 1.54) is 4.90 Å². The fourth-order valence-corrected chi connectivity index (χ4v) is 4.43. The Morgan fingerprint density at radius 1 is 1.14 bits per heavy atom. The van der Waals surface area contributed by atoms with Crippen molar-refractivity contribution < 1.29 is 9.59 Å². The van der Waals surface area contributed by atoms with Crippen LogP contribution in [0.25, 0.3) is 0 Å². The van der Waals surface area contributed by atoms with E-state index in [-0.39, 0.29) is 23.1 Å². The molecule has 3 fully saturated rings. The van der Waals surface area contributed by atoms with E-state index in [4.69, 9.17) is 0 Å². The molecule has 2 saturated heterocycles. The van der Waals surface area contributed by atoms with Gasteiger partial charge in [0.1, 0.15) is 0 Å². The summed E-state index contributed by atoms with van der Waals surface area (Å²) in [4.78, 5) is 29.4. The van der Waals surface area contributed by atoms with Gasteiger partial charge in [-0.25, -0.2) is 0 Å². The lowest BCUT2D eigenvalue weighted by Crippen LogP contribution is -2.40. The summed E-state index contributed by atoms with van der Waals surface area (Å²) in [5.41, 5.74) is 0.691. The smallest absolute Gasteiger partial charge is 0.236 e. The molecule has 0 aromatic heterocycles. The molecule has 4 heteroatoms. The Morgan fingerprint density at radius 2 is 1.82 bits per heavy atom. The second-order valence-corrected chi connectivity index (χ2v) is 7.09. The predicted molar refractivity (Wildman–Crippen MR) is 82.8 cm³/mol. The Balaban J connectivity index is 1.53. The zero-order chi connectivity index (χ0) is 15.3. The van der Waals surface area contributed by atoms with Crippen LogP contribution in [0.3, 0.4) is 0 Å². The van der Waals surface area contributed by atoms with E-state index in [2.05, 4.69) is 11.9 Å². The molecule has 3 aliphatic rings. The molecule has 0 spiro atoms. The molecule has 0 N–H and O–H groups in total. The number of piperidine rings is 2. The highest BCUT2D eigenvalue weighted by Gasteiger charge is 2.73. The summed E-state index contributed by atoms with van der Waals surface area (Å²) in [6, 6.07) is 9.82. The molecule has 2 amide bonds. The van der Waals surface area contributed by atoms with Gasteiger partial charge in [-0.15, -0.1) is 0 Å². The van der Waals surface area contributed by atoms with E-state index in [0.717, 1.165) is 37.9 Å². The van der Waals surface area contributed by atoms with E-state index < -0.39 is 0 Å². The number of hydrogen-bond acceptors (Lipinski definition) is 3. The first-order chi connectivity index (χ1) is 10.6. The van der Waals surface area contributed by atoms with E-state index in [0.29, 0.717) is 12.5 Å². The first kappa shape index (κ1) is 13.9. The number of nitrogens with zero attached hydrogens (tertiary/aromatic N) is 2. The van der Waals surface area contributed by atoms with Gasteiger partial charge in [-0.2, -0.15) is 0 Å². The van der Waals surface area contributed by atoms with Crippen LogP contribution >= 0.6 is 0 Å². The summed E-state index contributed by atoms with van der Waals surface area (Å²) in [7, 11) is 2.13. The first-order valence-corrected chi connectivity index (χ1v) is 8.21. The maximum Gasteiger partial charge on any atom is 0.236 e. The Morgan fingerprint density at radius 3 is 2.50 bits per heavy atom. The number of carbonyl (C=O) groups excluding carboxylic acids is 2. The average Bonchev–Trinajstić information content (AvgIpc) is 3.25. The predicted octanol–water partition coefficient (Wildman–Crippen LogP) is 1.90. The van der Waals surface area contributed by atoms with Gasteiger partial charge in [-0.3, -0.25) is 14.5 Å². The van der Waals surface area contributed by atoms with Crippen LogP contribution in [0, 0.1) is 17.3 Å². The quantitative estimate of drug-likeness (QED) is 0.800.